The molecule has 0 saturated carbocycles. The Balaban J connectivity index is 1.68. The predicted octanol–water partition coefficient (Wildman–Crippen LogP) is 3.03. The molecule has 1 saturated heterocycles. The highest BCUT2D eigenvalue weighted by Crippen LogP contribution is 2.37. The summed E-state index contributed by atoms with van der Waals surface area (Å²) in [4.78, 5) is 41.8. The number of para-hydroxylation sites is 1. The van der Waals surface area contributed by atoms with Crippen molar-refractivity contribution in [3.63, 3.8) is 0 Å². The van der Waals surface area contributed by atoms with Crippen molar-refractivity contribution in [2.75, 3.05) is 20.2 Å². The Kier molecular flexibility index (Phi) is 6.90. The fourth-order valence-electron chi connectivity index (χ4n) is 4.12. The molecule has 162 valence electrons. The van der Waals surface area contributed by atoms with E-state index in [-0.39, 0.29) is 54.4 Å². The fraction of sp³-hybridized carbons (Fsp3) is 0.522. The number of carbonyl (C=O) groups is 3. The smallest absolute Gasteiger partial charge is 0.245 e. The third kappa shape index (κ3) is 4.55. The number of hydrogen-bond acceptors (Lipinski definition) is 4. The number of likely N-dealkylation sites (N-methyl/N-ethyl adjacent to an activating group) is 1. The fourth-order valence-corrected chi connectivity index (χ4v) is 4.12. The maximum atomic E-state index is 13.7. The molecule has 0 N–H and O–H groups in total. The summed E-state index contributed by atoms with van der Waals surface area (Å²) >= 11 is 0. The van der Waals surface area contributed by atoms with E-state index >= 15 is 0 Å². The third-order valence-corrected chi connectivity index (χ3v) is 5.73. The highest BCUT2D eigenvalue weighted by Gasteiger charge is 2.51. The second kappa shape index (κ2) is 9.41. The van der Waals surface area contributed by atoms with Gasteiger partial charge in [-0.3, -0.25) is 19.3 Å². The molecule has 0 radical (unpaired) electrons. The van der Waals surface area contributed by atoms with Gasteiger partial charge in [0.1, 0.15) is 12.6 Å². The van der Waals surface area contributed by atoms with Gasteiger partial charge in [-0.25, -0.2) is 4.39 Å². The molecule has 1 aromatic carbocycles. The van der Waals surface area contributed by atoms with Crippen molar-refractivity contribution < 1.29 is 23.5 Å². The average molecular weight is 416 g/mol. The zero-order valence-corrected chi connectivity index (χ0v) is 17.7. The van der Waals surface area contributed by atoms with Crippen LogP contribution in [0.2, 0.25) is 0 Å². The summed E-state index contributed by atoms with van der Waals surface area (Å²) in [5.74, 6) is -1.72. The number of halogens is 1. The van der Waals surface area contributed by atoms with Crippen LogP contribution in [0.5, 0.6) is 5.75 Å². The quantitative estimate of drug-likeness (QED) is 0.483. The highest BCUT2D eigenvalue weighted by molar-refractivity contribution is 6.08. The number of amides is 3. The van der Waals surface area contributed by atoms with Crippen LogP contribution in [0, 0.1) is 23.6 Å². The number of carbonyl (C=O) groups excluding carboxylic acids is 3. The number of rotatable bonds is 8. The zero-order valence-electron chi connectivity index (χ0n) is 17.7. The molecule has 1 aliphatic carbocycles. The van der Waals surface area contributed by atoms with Gasteiger partial charge in [0.15, 0.2) is 11.6 Å². The molecule has 2 aliphatic rings. The number of likely N-dealkylation sites (tertiary alicyclic amines) is 1. The van der Waals surface area contributed by atoms with Gasteiger partial charge in [0, 0.05) is 7.05 Å². The van der Waals surface area contributed by atoms with Gasteiger partial charge in [0.05, 0.1) is 18.4 Å². The lowest BCUT2D eigenvalue weighted by Crippen LogP contribution is -2.51. The largest absolute Gasteiger partial charge is 0.489 e. The predicted molar refractivity (Wildman–Crippen MR) is 110 cm³/mol. The van der Waals surface area contributed by atoms with Gasteiger partial charge in [-0.2, -0.15) is 0 Å². The average Bonchev–Trinajstić information content (AvgIpc) is 2.97. The maximum Gasteiger partial charge on any atom is 0.245 e. The molecular weight excluding hydrogens is 387 g/mol. The Morgan fingerprint density at radius 2 is 1.77 bits per heavy atom. The van der Waals surface area contributed by atoms with Crippen LogP contribution in [0.15, 0.2) is 36.4 Å². The standard InChI is InChI=1S/C23H29FN2O4/c1-15(2)14-19(26-21(27)16-8-4-5-9-17(16)22(26)28)23(29)25(3)12-13-30-20-11-7-6-10-18(20)24/h4-7,10-11,15-17,19H,8-9,12-14H2,1-3H3. The second-order valence-electron chi connectivity index (χ2n) is 8.39. The Labute approximate surface area is 176 Å². The normalized spacial score (nSPS) is 21.7. The van der Waals surface area contributed by atoms with Crippen LogP contribution < -0.4 is 4.74 Å². The molecule has 3 unspecified atom stereocenters. The number of hydrogen-bond donors (Lipinski definition) is 0. The number of allylic oxidation sites excluding steroid dienone is 2. The summed E-state index contributed by atoms with van der Waals surface area (Å²) in [7, 11) is 1.61. The van der Waals surface area contributed by atoms with Crippen LogP contribution in [0.1, 0.15) is 33.1 Å². The first-order valence-corrected chi connectivity index (χ1v) is 10.5. The summed E-state index contributed by atoms with van der Waals surface area (Å²) < 4.78 is 19.1. The molecule has 1 aromatic rings. The topological polar surface area (TPSA) is 66.9 Å². The van der Waals surface area contributed by atoms with Crippen molar-refractivity contribution in [3.05, 3.63) is 42.2 Å². The van der Waals surface area contributed by atoms with Crippen LogP contribution in [0.4, 0.5) is 4.39 Å². The SMILES string of the molecule is CC(C)CC(C(=O)N(C)CCOc1ccccc1F)N1C(=O)C2CC=CCC2C1=O. The minimum atomic E-state index is -0.825. The zero-order chi connectivity index (χ0) is 21.8. The summed E-state index contributed by atoms with van der Waals surface area (Å²) in [5, 5.41) is 0. The molecule has 3 rings (SSSR count). The van der Waals surface area contributed by atoms with Gasteiger partial charge in [-0.15, -0.1) is 0 Å². The molecule has 1 aliphatic heterocycles. The Hall–Kier alpha value is -2.70. The van der Waals surface area contributed by atoms with E-state index < -0.39 is 11.9 Å². The first-order chi connectivity index (χ1) is 14.3. The molecule has 0 aromatic heterocycles. The van der Waals surface area contributed by atoms with Gasteiger partial charge < -0.3 is 9.64 Å². The van der Waals surface area contributed by atoms with Crippen LogP contribution in [-0.2, 0) is 14.4 Å². The molecule has 7 heteroatoms. The number of imide groups is 1. The summed E-state index contributed by atoms with van der Waals surface area (Å²) in [6.45, 7) is 4.24. The monoisotopic (exact) mass is 416 g/mol. The van der Waals surface area contributed by atoms with Crippen molar-refractivity contribution in [2.24, 2.45) is 17.8 Å². The first-order valence-electron chi connectivity index (χ1n) is 10.5. The van der Waals surface area contributed by atoms with Crippen molar-refractivity contribution in [3.8, 4) is 5.75 Å². The number of nitrogens with zero attached hydrogens (tertiary/aromatic N) is 2. The van der Waals surface area contributed by atoms with E-state index in [2.05, 4.69) is 0 Å². The first kappa shape index (κ1) is 22.0. The molecule has 1 fully saturated rings. The Morgan fingerprint density at radius 3 is 2.33 bits per heavy atom. The second-order valence-corrected chi connectivity index (χ2v) is 8.39. The van der Waals surface area contributed by atoms with Gasteiger partial charge in [-0.1, -0.05) is 38.1 Å². The van der Waals surface area contributed by atoms with Gasteiger partial charge in [0.2, 0.25) is 17.7 Å². The number of fused-ring (bicyclic) bond motifs is 1. The van der Waals surface area contributed by atoms with Crippen LogP contribution in [0.25, 0.3) is 0 Å². The van der Waals surface area contributed by atoms with E-state index in [1.54, 1.807) is 19.2 Å². The lowest BCUT2D eigenvalue weighted by Gasteiger charge is -2.31. The molecule has 0 spiro atoms. The Morgan fingerprint density at radius 1 is 1.17 bits per heavy atom. The molecule has 3 atom stereocenters. The molecule has 30 heavy (non-hydrogen) atoms. The van der Waals surface area contributed by atoms with E-state index in [1.807, 2.05) is 26.0 Å². The molecule has 0 bridgehead atoms. The molecular formula is C23H29FN2O4. The minimum absolute atomic E-state index is 0.106. The van der Waals surface area contributed by atoms with E-state index in [4.69, 9.17) is 4.74 Å². The summed E-state index contributed by atoms with van der Waals surface area (Å²) in [6, 6.07) is 5.25. The van der Waals surface area contributed by atoms with E-state index in [1.165, 1.54) is 21.9 Å². The van der Waals surface area contributed by atoms with Gasteiger partial charge in [-0.05, 0) is 37.3 Å². The summed E-state index contributed by atoms with van der Waals surface area (Å²) in [5.41, 5.74) is 0. The van der Waals surface area contributed by atoms with E-state index in [0.29, 0.717) is 19.3 Å². The van der Waals surface area contributed by atoms with Crippen molar-refractivity contribution in [1.29, 1.82) is 0 Å². The van der Waals surface area contributed by atoms with Crippen molar-refractivity contribution in [1.82, 2.24) is 9.80 Å². The van der Waals surface area contributed by atoms with Crippen LogP contribution >= 0.6 is 0 Å². The lowest BCUT2D eigenvalue weighted by molar-refractivity contribution is -0.151. The minimum Gasteiger partial charge on any atom is -0.489 e. The number of benzene rings is 1. The van der Waals surface area contributed by atoms with Crippen LogP contribution in [-0.4, -0.2) is 53.8 Å². The highest BCUT2D eigenvalue weighted by atomic mass is 19.1. The van der Waals surface area contributed by atoms with Crippen LogP contribution in [0.3, 0.4) is 0 Å². The van der Waals surface area contributed by atoms with E-state index in [9.17, 15) is 18.8 Å². The van der Waals surface area contributed by atoms with Gasteiger partial charge >= 0.3 is 0 Å². The number of ether oxygens (including phenoxy) is 1. The third-order valence-electron chi connectivity index (χ3n) is 5.73. The van der Waals surface area contributed by atoms with Gasteiger partial charge in [0.25, 0.3) is 0 Å². The lowest BCUT2D eigenvalue weighted by atomic mass is 9.85. The maximum absolute atomic E-state index is 13.7. The molecule has 6 nitrogen and oxygen atoms in total. The Bertz CT molecular complexity index is 812. The molecule has 1 heterocycles. The van der Waals surface area contributed by atoms with Crippen molar-refractivity contribution >= 4 is 17.7 Å². The summed E-state index contributed by atoms with van der Waals surface area (Å²) in [6.07, 6.45) is 5.35. The van der Waals surface area contributed by atoms with E-state index in [0.717, 1.165) is 0 Å². The molecule has 3 amide bonds. The van der Waals surface area contributed by atoms with Crippen molar-refractivity contribution in [2.45, 2.75) is 39.2 Å².